The molecule has 0 aromatic rings. The van der Waals surface area contributed by atoms with Gasteiger partial charge in [-0.15, -0.1) is 0 Å². The average Bonchev–Trinajstić information content (AvgIpc) is 3.06. The first-order chi connectivity index (χ1) is 8.36. The maximum absolute atomic E-state index is 9.60. The zero-order valence-corrected chi connectivity index (χ0v) is 12.9. The fourth-order valence-electron chi connectivity index (χ4n) is 2.62. The summed E-state index contributed by atoms with van der Waals surface area (Å²) in [4.78, 5) is 2.61. The van der Waals surface area contributed by atoms with Crippen molar-refractivity contribution in [1.29, 1.82) is 0 Å². The lowest BCUT2D eigenvalue weighted by Crippen LogP contribution is -2.51. The van der Waals surface area contributed by atoms with Gasteiger partial charge >= 0.3 is 0 Å². The van der Waals surface area contributed by atoms with Crippen molar-refractivity contribution >= 4 is 0 Å². The Balaban J connectivity index is 2.43. The van der Waals surface area contributed by atoms with Crippen molar-refractivity contribution in [2.45, 2.75) is 71.5 Å². The van der Waals surface area contributed by atoms with Crippen molar-refractivity contribution in [3.63, 3.8) is 0 Å². The normalized spacial score (nSPS) is 19.8. The lowest BCUT2D eigenvalue weighted by molar-refractivity contribution is 0.131. The van der Waals surface area contributed by atoms with Crippen LogP contribution in [0.1, 0.15) is 53.9 Å². The second-order valence-electron chi connectivity index (χ2n) is 6.89. The quantitative estimate of drug-likeness (QED) is 0.664. The zero-order valence-electron chi connectivity index (χ0n) is 12.9. The molecule has 108 valence electrons. The van der Waals surface area contributed by atoms with E-state index in [1.54, 1.807) is 0 Å². The Labute approximate surface area is 113 Å². The number of nitrogens with one attached hydrogen (secondary N) is 1. The molecule has 0 heterocycles. The van der Waals surface area contributed by atoms with Gasteiger partial charge in [0, 0.05) is 30.7 Å². The molecule has 3 nitrogen and oxygen atoms in total. The van der Waals surface area contributed by atoms with Gasteiger partial charge in [0.15, 0.2) is 0 Å². The summed E-state index contributed by atoms with van der Waals surface area (Å²) in [6.45, 7) is 13.5. The maximum Gasteiger partial charge on any atom is 0.0611 e. The molecular weight excluding hydrogens is 224 g/mol. The molecule has 1 atom stereocenters. The van der Waals surface area contributed by atoms with Crippen LogP contribution < -0.4 is 5.32 Å². The summed E-state index contributed by atoms with van der Waals surface area (Å²) in [5, 5.41) is 13.1. The van der Waals surface area contributed by atoms with Crippen LogP contribution in [0.3, 0.4) is 0 Å². The third-order valence-corrected chi connectivity index (χ3v) is 3.60. The highest BCUT2D eigenvalue weighted by Crippen LogP contribution is 2.28. The van der Waals surface area contributed by atoms with E-state index in [1.165, 1.54) is 19.4 Å². The molecule has 0 aliphatic heterocycles. The molecule has 0 saturated heterocycles. The molecular formula is C15H32N2O. The average molecular weight is 256 g/mol. The largest absolute Gasteiger partial charge is 0.394 e. The van der Waals surface area contributed by atoms with Crippen molar-refractivity contribution in [3.8, 4) is 0 Å². The molecule has 0 aromatic carbocycles. The Morgan fingerprint density at radius 2 is 1.89 bits per heavy atom. The first-order valence-corrected chi connectivity index (χ1v) is 7.49. The third-order valence-electron chi connectivity index (χ3n) is 3.60. The van der Waals surface area contributed by atoms with E-state index in [1.807, 2.05) is 0 Å². The highest BCUT2D eigenvalue weighted by molar-refractivity contribution is 4.89. The van der Waals surface area contributed by atoms with Gasteiger partial charge in [-0.2, -0.15) is 0 Å². The van der Waals surface area contributed by atoms with E-state index in [-0.39, 0.29) is 12.1 Å². The van der Waals surface area contributed by atoms with Gasteiger partial charge in [0.25, 0.3) is 0 Å². The summed E-state index contributed by atoms with van der Waals surface area (Å²) in [6, 6.07) is 1.23. The van der Waals surface area contributed by atoms with Crippen LogP contribution in [0.5, 0.6) is 0 Å². The van der Waals surface area contributed by atoms with Crippen LogP contribution in [0.2, 0.25) is 0 Å². The first kappa shape index (κ1) is 15.9. The predicted octanol–water partition coefficient (Wildman–Crippen LogP) is 2.25. The van der Waals surface area contributed by atoms with Crippen LogP contribution in [0.25, 0.3) is 0 Å². The molecule has 2 N–H and O–H groups in total. The molecule has 3 heteroatoms. The number of hydrogen-bond acceptors (Lipinski definition) is 3. The van der Waals surface area contributed by atoms with Gasteiger partial charge < -0.3 is 15.3 Å². The van der Waals surface area contributed by atoms with Crippen molar-refractivity contribution < 1.29 is 5.11 Å². The van der Waals surface area contributed by atoms with E-state index < -0.39 is 0 Å². The molecule has 0 amide bonds. The Morgan fingerprint density at radius 1 is 1.28 bits per heavy atom. The highest BCUT2D eigenvalue weighted by Gasteiger charge is 2.31. The van der Waals surface area contributed by atoms with Gasteiger partial charge in [0.2, 0.25) is 0 Å². The molecule has 1 fully saturated rings. The minimum absolute atomic E-state index is 0.141. The molecule has 0 aromatic heterocycles. The molecule has 0 bridgehead atoms. The molecule has 1 rings (SSSR count). The summed E-state index contributed by atoms with van der Waals surface area (Å²) >= 11 is 0. The van der Waals surface area contributed by atoms with Crippen LogP contribution in [0, 0.1) is 5.92 Å². The SMILES string of the molecule is CC(C)CN(CCC(C)(CO)NC(C)C)C1CC1. The summed E-state index contributed by atoms with van der Waals surface area (Å²) in [5.74, 6) is 0.726. The summed E-state index contributed by atoms with van der Waals surface area (Å²) < 4.78 is 0. The van der Waals surface area contributed by atoms with E-state index in [0.717, 1.165) is 24.9 Å². The summed E-state index contributed by atoms with van der Waals surface area (Å²) in [5.41, 5.74) is -0.141. The van der Waals surface area contributed by atoms with Crippen LogP contribution in [-0.4, -0.2) is 47.3 Å². The lowest BCUT2D eigenvalue weighted by atomic mass is 9.97. The van der Waals surface area contributed by atoms with Crippen LogP contribution in [-0.2, 0) is 0 Å². The lowest BCUT2D eigenvalue weighted by Gasteiger charge is -2.34. The fraction of sp³-hybridized carbons (Fsp3) is 1.00. The number of nitrogens with zero attached hydrogens (tertiary/aromatic N) is 1. The number of aliphatic hydroxyl groups excluding tert-OH is 1. The van der Waals surface area contributed by atoms with Gasteiger partial charge in [-0.1, -0.05) is 27.7 Å². The minimum Gasteiger partial charge on any atom is -0.394 e. The Hall–Kier alpha value is -0.120. The molecule has 1 aliphatic carbocycles. The minimum atomic E-state index is -0.141. The summed E-state index contributed by atoms with van der Waals surface area (Å²) in [6.07, 6.45) is 3.74. The second-order valence-corrected chi connectivity index (χ2v) is 6.89. The molecule has 1 unspecified atom stereocenters. The standard InChI is InChI=1S/C15H32N2O/c1-12(2)10-17(14-6-7-14)9-8-15(5,11-18)16-13(3)4/h12-14,16,18H,6-11H2,1-5H3. The topological polar surface area (TPSA) is 35.5 Å². The first-order valence-electron chi connectivity index (χ1n) is 7.49. The zero-order chi connectivity index (χ0) is 13.8. The fourth-order valence-corrected chi connectivity index (χ4v) is 2.62. The molecule has 1 aliphatic rings. The number of rotatable bonds is 9. The smallest absolute Gasteiger partial charge is 0.0611 e. The molecule has 0 spiro atoms. The van der Waals surface area contributed by atoms with Crippen molar-refractivity contribution in [2.24, 2.45) is 5.92 Å². The Morgan fingerprint density at radius 3 is 2.28 bits per heavy atom. The monoisotopic (exact) mass is 256 g/mol. The second kappa shape index (κ2) is 6.88. The third kappa shape index (κ3) is 5.68. The number of aliphatic hydroxyl groups is 1. The van der Waals surface area contributed by atoms with Crippen molar-refractivity contribution in [3.05, 3.63) is 0 Å². The molecule has 0 radical (unpaired) electrons. The van der Waals surface area contributed by atoms with Crippen LogP contribution >= 0.6 is 0 Å². The van der Waals surface area contributed by atoms with Gasteiger partial charge in [0.1, 0.15) is 0 Å². The van der Waals surface area contributed by atoms with E-state index in [2.05, 4.69) is 44.8 Å². The van der Waals surface area contributed by atoms with Crippen LogP contribution in [0.15, 0.2) is 0 Å². The van der Waals surface area contributed by atoms with E-state index in [0.29, 0.717) is 6.04 Å². The number of hydrogen-bond donors (Lipinski definition) is 2. The van der Waals surface area contributed by atoms with Crippen molar-refractivity contribution in [1.82, 2.24) is 10.2 Å². The Bertz CT molecular complexity index is 239. The van der Waals surface area contributed by atoms with Gasteiger partial charge in [0.05, 0.1) is 6.61 Å². The Kier molecular flexibility index (Phi) is 6.09. The predicted molar refractivity (Wildman–Crippen MR) is 77.8 cm³/mol. The van der Waals surface area contributed by atoms with E-state index in [9.17, 15) is 5.11 Å². The molecule has 1 saturated carbocycles. The van der Waals surface area contributed by atoms with E-state index in [4.69, 9.17) is 0 Å². The highest BCUT2D eigenvalue weighted by atomic mass is 16.3. The maximum atomic E-state index is 9.60. The van der Waals surface area contributed by atoms with Crippen molar-refractivity contribution in [2.75, 3.05) is 19.7 Å². The van der Waals surface area contributed by atoms with E-state index >= 15 is 0 Å². The van der Waals surface area contributed by atoms with Crippen LogP contribution in [0.4, 0.5) is 0 Å². The molecule has 18 heavy (non-hydrogen) atoms. The van der Waals surface area contributed by atoms with Gasteiger partial charge in [-0.3, -0.25) is 0 Å². The van der Waals surface area contributed by atoms with Gasteiger partial charge in [-0.05, 0) is 32.1 Å². The van der Waals surface area contributed by atoms with Gasteiger partial charge in [-0.25, -0.2) is 0 Å². The summed E-state index contributed by atoms with van der Waals surface area (Å²) in [7, 11) is 0.